The molecule has 2 aromatic rings. The number of rotatable bonds is 3. The van der Waals surface area contributed by atoms with E-state index in [1.807, 2.05) is 0 Å². The van der Waals surface area contributed by atoms with Crippen molar-refractivity contribution >= 4 is 17.5 Å². The second-order valence-electron chi connectivity index (χ2n) is 7.23. The number of hydrogen-bond acceptors (Lipinski definition) is 3. The molecule has 0 N–H and O–H groups in total. The summed E-state index contributed by atoms with van der Waals surface area (Å²) in [5.74, 6) is -0.623. The van der Waals surface area contributed by atoms with E-state index >= 15 is 0 Å². The minimum Gasteiger partial charge on any atom is -0.337 e. The van der Waals surface area contributed by atoms with Gasteiger partial charge in [0.05, 0.1) is 17.4 Å². The van der Waals surface area contributed by atoms with Crippen molar-refractivity contribution in [2.24, 2.45) is 0 Å². The average molecular weight is 413 g/mol. The van der Waals surface area contributed by atoms with Crippen molar-refractivity contribution in [3.8, 4) is 5.69 Å². The first kappa shape index (κ1) is 19.3. The van der Waals surface area contributed by atoms with Gasteiger partial charge in [0, 0.05) is 24.2 Å². The van der Waals surface area contributed by atoms with Gasteiger partial charge >= 0.3 is 6.18 Å². The highest BCUT2D eigenvalue weighted by Gasteiger charge is 2.42. The molecule has 3 heterocycles. The van der Waals surface area contributed by atoms with Crippen LogP contribution in [0.25, 0.3) is 5.69 Å². The maximum absolute atomic E-state index is 13.8. The lowest BCUT2D eigenvalue weighted by Gasteiger charge is -2.23. The minimum absolute atomic E-state index is 0.162. The van der Waals surface area contributed by atoms with E-state index in [1.165, 1.54) is 17.0 Å². The molecule has 1 atom stereocenters. The fraction of sp³-hybridized carbons (Fsp3) is 0.474. The number of nitrogens with zero attached hydrogens (tertiary/aromatic N) is 4. The van der Waals surface area contributed by atoms with E-state index in [-0.39, 0.29) is 11.7 Å². The summed E-state index contributed by atoms with van der Waals surface area (Å²) in [7, 11) is 0. The fourth-order valence-corrected chi connectivity index (χ4v) is 4.27. The molecule has 2 fully saturated rings. The highest BCUT2D eigenvalue weighted by molar-refractivity contribution is 6.30. The third kappa shape index (κ3) is 3.63. The molecule has 150 valence electrons. The number of amides is 1. The zero-order valence-electron chi connectivity index (χ0n) is 15.1. The largest absolute Gasteiger partial charge is 0.434 e. The van der Waals surface area contributed by atoms with Crippen LogP contribution in [0.1, 0.15) is 35.3 Å². The van der Waals surface area contributed by atoms with E-state index < -0.39 is 23.3 Å². The zero-order valence-corrected chi connectivity index (χ0v) is 15.9. The molecule has 0 spiro atoms. The Morgan fingerprint density at radius 1 is 1.18 bits per heavy atom. The van der Waals surface area contributed by atoms with Crippen LogP contribution in [0.3, 0.4) is 0 Å². The van der Waals surface area contributed by atoms with E-state index in [4.69, 9.17) is 11.6 Å². The third-order valence-electron chi connectivity index (χ3n) is 5.43. The highest BCUT2D eigenvalue weighted by atomic mass is 35.5. The molecule has 0 bridgehead atoms. The van der Waals surface area contributed by atoms with E-state index in [2.05, 4.69) is 10.00 Å². The number of carbonyl (C=O) groups is 1. The van der Waals surface area contributed by atoms with E-state index in [9.17, 15) is 18.0 Å². The van der Waals surface area contributed by atoms with Gasteiger partial charge in [0.1, 0.15) is 0 Å². The second-order valence-corrected chi connectivity index (χ2v) is 7.67. The van der Waals surface area contributed by atoms with Gasteiger partial charge in [-0.05, 0) is 50.6 Å². The van der Waals surface area contributed by atoms with Gasteiger partial charge in [-0.15, -0.1) is 0 Å². The van der Waals surface area contributed by atoms with Crippen molar-refractivity contribution in [2.75, 3.05) is 26.2 Å². The lowest BCUT2D eigenvalue weighted by atomic mass is 10.2. The van der Waals surface area contributed by atoms with Crippen molar-refractivity contribution in [3.63, 3.8) is 0 Å². The Morgan fingerprint density at radius 2 is 1.93 bits per heavy atom. The van der Waals surface area contributed by atoms with Gasteiger partial charge in [-0.3, -0.25) is 9.69 Å². The summed E-state index contributed by atoms with van der Waals surface area (Å²) in [4.78, 5) is 16.8. The van der Waals surface area contributed by atoms with Crippen LogP contribution < -0.4 is 0 Å². The molecular formula is C19H20ClF3N4O. The van der Waals surface area contributed by atoms with Gasteiger partial charge in [0.25, 0.3) is 5.91 Å². The Labute approximate surface area is 165 Å². The van der Waals surface area contributed by atoms with Gasteiger partial charge in [0.15, 0.2) is 5.69 Å². The summed E-state index contributed by atoms with van der Waals surface area (Å²) in [6.07, 6.45) is -0.660. The zero-order chi connectivity index (χ0) is 19.9. The molecule has 2 aliphatic heterocycles. The molecule has 2 saturated heterocycles. The van der Waals surface area contributed by atoms with Crippen LogP contribution >= 0.6 is 11.6 Å². The van der Waals surface area contributed by atoms with Gasteiger partial charge in [-0.25, -0.2) is 4.68 Å². The topological polar surface area (TPSA) is 41.4 Å². The molecule has 1 amide bonds. The molecule has 1 aromatic heterocycles. The molecule has 0 aliphatic carbocycles. The highest BCUT2D eigenvalue weighted by Crippen LogP contribution is 2.35. The molecule has 2 aliphatic rings. The molecule has 0 radical (unpaired) electrons. The lowest BCUT2D eigenvalue weighted by molar-refractivity contribution is -0.143. The molecule has 5 nitrogen and oxygen atoms in total. The fourth-order valence-electron chi connectivity index (χ4n) is 4.08. The van der Waals surface area contributed by atoms with Crippen molar-refractivity contribution in [1.82, 2.24) is 19.6 Å². The third-order valence-corrected chi connectivity index (χ3v) is 5.66. The number of likely N-dealkylation sites (tertiary alicyclic amines) is 2. The molecule has 28 heavy (non-hydrogen) atoms. The monoisotopic (exact) mass is 412 g/mol. The van der Waals surface area contributed by atoms with Gasteiger partial charge in [-0.1, -0.05) is 17.7 Å². The summed E-state index contributed by atoms with van der Waals surface area (Å²) in [6.45, 7) is 2.90. The predicted octanol–water partition coefficient (Wildman–Crippen LogP) is 3.85. The predicted molar refractivity (Wildman–Crippen MR) is 98.7 cm³/mol. The molecule has 0 saturated carbocycles. The first-order valence-electron chi connectivity index (χ1n) is 9.29. The SMILES string of the molecule is O=C(c1cnn(-c2cccc(Cl)c2)c1C(F)(F)F)N1CCC(N2CCCC2)C1. The standard InChI is InChI=1S/C19H20ClF3N4O/c20-13-4-3-5-14(10-13)27-17(19(21,22)23)16(11-24-27)18(28)26-9-6-15(12-26)25-7-1-2-8-25/h3-5,10-11,15H,1-2,6-9,12H2. The number of halogens is 4. The van der Waals surface area contributed by atoms with Crippen LogP contribution in [0.15, 0.2) is 30.5 Å². The molecule has 9 heteroatoms. The number of benzene rings is 1. The van der Waals surface area contributed by atoms with Crippen LogP contribution in [-0.4, -0.2) is 57.7 Å². The van der Waals surface area contributed by atoms with Gasteiger partial charge in [-0.2, -0.15) is 18.3 Å². The number of hydrogen-bond donors (Lipinski definition) is 0. The van der Waals surface area contributed by atoms with Crippen molar-refractivity contribution in [3.05, 3.63) is 46.7 Å². The van der Waals surface area contributed by atoms with E-state index in [0.717, 1.165) is 43.2 Å². The Bertz CT molecular complexity index is 876. The van der Waals surface area contributed by atoms with Gasteiger partial charge in [0.2, 0.25) is 0 Å². The minimum atomic E-state index is -4.72. The summed E-state index contributed by atoms with van der Waals surface area (Å²) in [6, 6.07) is 6.20. The second kappa shape index (κ2) is 7.40. The summed E-state index contributed by atoms with van der Waals surface area (Å²) in [5, 5.41) is 4.16. The van der Waals surface area contributed by atoms with E-state index in [0.29, 0.717) is 18.1 Å². The van der Waals surface area contributed by atoms with Crippen molar-refractivity contribution in [1.29, 1.82) is 0 Å². The Balaban J connectivity index is 1.63. The lowest BCUT2D eigenvalue weighted by Crippen LogP contribution is -2.37. The number of alkyl halides is 3. The maximum Gasteiger partial charge on any atom is 0.434 e. The maximum atomic E-state index is 13.8. The van der Waals surface area contributed by atoms with Crippen LogP contribution in [0.4, 0.5) is 13.2 Å². The molecular weight excluding hydrogens is 393 g/mol. The van der Waals surface area contributed by atoms with Crippen molar-refractivity contribution in [2.45, 2.75) is 31.5 Å². The summed E-state index contributed by atoms with van der Waals surface area (Å²) in [5.41, 5.74) is -1.32. The molecule has 1 unspecified atom stereocenters. The Kier molecular flexibility index (Phi) is 5.09. The molecule has 1 aromatic carbocycles. The molecule has 4 rings (SSSR count). The summed E-state index contributed by atoms with van der Waals surface area (Å²) < 4.78 is 42.2. The quantitative estimate of drug-likeness (QED) is 0.768. The van der Waals surface area contributed by atoms with Crippen LogP contribution in [0, 0.1) is 0 Å². The van der Waals surface area contributed by atoms with E-state index in [1.54, 1.807) is 12.1 Å². The first-order valence-corrected chi connectivity index (χ1v) is 9.67. The number of aromatic nitrogens is 2. The smallest absolute Gasteiger partial charge is 0.337 e. The number of carbonyl (C=O) groups excluding carboxylic acids is 1. The van der Waals surface area contributed by atoms with Gasteiger partial charge < -0.3 is 4.90 Å². The Morgan fingerprint density at radius 3 is 2.61 bits per heavy atom. The summed E-state index contributed by atoms with van der Waals surface area (Å²) >= 11 is 5.91. The van der Waals surface area contributed by atoms with Crippen LogP contribution in [-0.2, 0) is 6.18 Å². The average Bonchev–Trinajstić information content (AvgIpc) is 3.39. The Hall–Kier alpha value is -2.06. The van der Waals surface area contributed by atoms with Crippen molar-refractivity contribution < 1.29 is 18.0 Å². The first-order chi connectivity index (χ1) is 13.3. The van der Waals surface area contributed by atoms with Crippen LogP contribution in [0.2, 0.25) is 5.02 Å². The van der Waals surface area contributed by atoms with Crippen LogP contribution in [0.5, 0.6) is 0 Å². The normalized spacial score (nSPS) is 20.9.